The molecule has 0 aromatic carbocycles. The molecule has 2 N–H and O–H groups in total. The Kier molecular flexibility index (Phi) is 3.72. The number of rotatable bonds is 2. The first kappa shape index (κ1) is 12.8. The van der Waals surface area contributed by atoms with Crippen LogP contribution in [0, 0.1) is 0 Å². The van der Waals surface area contributed by atoms with Crippen molar-refractivity contribution in [3.05, 3.63) is 23.7 Å². The Morgan fingerprint density at radius 1 is 1.29 bits per heavy atom. The third kappa shape index (κ3) is 3.67. The van der Waals surface area contributed by atoms with Gasteiger partial charge in [0.15, 0.2) is 0 Å². The number of anilines is 1. The van der Waals surface area contributed by atoms with Gasteiger partial charge >= 0.3 is 116 Å². The van der Waals surface area contributed by atoms with E-state index in [1.165, 1.54) is 3.71 Å². The summed E-state index contributed by atoms with van der Waals surface area (Å²) < 4.78 is 1.58. The monoisotopic (exact) mass is 353 g/mol. The van der Waals surface area contributed by atoms with E-state index in [1.54, 1.807) is 17.5 Å². The van der Waals surface area contributed by atoms with Crippen LogP contribution in [0.5, 0.6) is 0 Å². The maximum atomic E-state index is 5.95. The molecule has 0 fully saturated rings. The molecule has 2 aromatic heterocycles. The topological polar surface area (TPSA) is 51.8 Å². The number of thiazole rings is 1. The molecular weight excluding hydrogens is 337 g/mol. The minimum atomic E-state index is -0.717. The van der Waals surface area contributed by atoms with Gasteiger partial charge in [-0.15, -0.1) is 0 Å². The molecule has 0 saturated heterocycles. The molecule has 0 aliphatic heterocycles. The fourth-order valence-corrected chi connectivity index (χ4v) is 5.44. The van der Waals surface area contributed by atoms with Gasteiger partial charge in [-0.05, 0) is 0 Å². The standard InChI is InChI=1S/C8H6N3S.C4H9.Sn/c9-6-1-2-10-7(5-6)8-11-3-4-12-8;1-4(2)3;/h1,3-5H,(H2,9,10);1-3H3;. The van der Waals surface area contributed by atoms with Gasteiger partial charge in [-0.1, -0.05) is 0 Å². The third-order valence-electron chi connectivity index (χ3n) is 2.00. The second kappa shape index (κ2) is 4.94. The van der Waals surface area contributed by atoms with Crippen molar-refractivity contribution in [2.45, 2.75) is 24.2 Å². The van der Waals surface area contributed by atoms with Crippen molar-refractivity contribution in [3.63, 3.8) is 0 Å². The summed E-state index contributed by atoms with van der Waals surface area (Å²) in [5, 5.41) is 2.91. The first-order valence-corrected chi connectivity index (χ1v) is 9.13. The molecule has 0 spiro atoms. The fraction of sp³-hybridized carbons (Fsp3) is 0.333. The van der Waals surface area contributed by atoms with Gasteiger partial charge in [-0.25, -0.2) is 0 Å². The molecule has 2 heterocycles. The molecule has 0 aliphatic carbocycles. The molecule has 17 heavy (non-hydrogen) atoms. The van der Waals surface area contributed by atoms with Crippen molar-refractivity contribution in [1.29, 1.82) is 0 Å². The Morgan fingerprint density at radius 3 is 2.65 bits per heavy atom. The predicted molar refractivity (Wildman–Crippen MR) is 74.9 cm³/mol. The average molecular weight is 352 g/mol. The van der Waals surface area contributed by atoms with Gasteiger partial charge in [0.05, 0.1) is 0 Å². The molecule has 0 aliphatic rings. The van der Waals surface area contributed by atoms with E-state index < -0.39 is 21.1 Å². The van der Waals surface area contributed by atoms with Crippen LogP contribution >= 0.6 is 11.3 Å². The number of nitrogens with zero attached hydrogens (tertiary/aromatic N) is 2. The van der Waals surface area contributed by atoms with Crippen LogP contribution in [-0.4, -0.2) is 31.1 Å². The number of nitrogen functional groups attached to an aromatic ring is 1. The molecule has 0 saturated carbocycles. The second-order valence-corrected chi connectivity index (χ2v) is 12.2. The first-order chi connectivity index (χ1) is 7.94. The third-order valence-corrected chi connectivity index (χ3v) is 6.40. The van der Waals surface area contributed by atoms with Gasteiger partial charge in [-0.3, -0.25) is 0 Å². The van der Waals surface area contributed by atoms with Gasteiger partial charge in [0.2, 0.25) is 0 Å². The Morgan fingerprint density at radius 2 is 2.06 bits per heavy atom. The van der Waals surface area contributed by atoms with E-state index in [9.17, 15) is 0 Å². The van der Waals surface area contributed by atoms with Crippen molar-refractivity contribution in [1.82, 2.24) is 9.97 Å². The van der Waals surface area contributed by atoms with Crippen LogP contribution in [-0.2, 0) is 0 Å². The summed E-state index contributed by atoms with van der Waals surface area (Å²) in [7, 11) is 0. The quantitative estimate of drug-likeness (QED) is 0.845. The predicted octanol–water partition coefficient (Wildman–Crippen LogP) is 2.34. The number of aromatic nitrogens is 2. The van der Waals surface area contributed by atoms with E-state index in [4.69, 9.17) is 10.7 Å². The van der Waals surface area contributed by atoms with E-state index in [-0.39, 0.29) is 0 Å². The zero-order chi connectivity index (χ0) is 12.5. The van der Waals surface area contributed by atoms with E-state index in [0.29, 0.717) is 3.43 Å². The van der Waals surface area contributed by atoms with E-state index in [1.807, 2.05) is 17.5 Å². The van der Waals surface area contributed by atoms with Crippen LogP contribution in [0.15, 0.2) is 23.7 Å². The van der Waals surface area contributed by atoms with E-state index in [2.05, 4.69) is 25.8 Å². The molecule has 2 rings (SSSR count). The Balaban J connectivity index is 2.36. The Bertz CT molecular complexity index is 503. The van der Waals surface area contributed by atoms with Crippen LogP contribution in [0.25, 0.3) is 10.7 Å². The van der Waals surface area contributed by atoms with Gasteiger partial charge in [0.1, 0.15) is 0 Å². The molecule has 0 amide bonds. The Hall–Kier alpha value is -0.621. The molecule has 2 radical (unpaired) electrons. The van der Waals surface area contributed by atoms with Crippen molar-refractivity contribution in [2.24, 2.45) is 0 Å². The molecule has 0 bridgehead atoms. The summed E-state index contributed by atoms with van der Waals surface area (Å²) in [5.41, 5.74) is 7.66. The summed E-state index contributed by atoms with van der Waals surface area (Å²) in [4.78, 5) is 8.99. The van der Waals surface area contributed by atoms with Gasteiger partial charge in [0, 0.05) is 0 Å². The Labute approximate surface area is 116 Å². The number of hydrogen-bond acceptors (Lipinski definition) is 4. The van der Waals surface area contributed by atoms with Crippen LogP contribution in [0.1, 0.15) is 20.8 Å². The van der Waals surface area contributed by atoms with E-state index in [0.717, 1.165) is 16.4 Å². The van der Waals surface area contributed by atoms with Crippen LogP contribution in [0.3, 0.4) is 0 Å². The van der Waals surface area contributed by atoms with Crippen LogP contribution in [0.4, 0.5) is 5.69 Å². The molecule has 5 heteroatoms. The minimum absolute atomic E-state index is 0.379. The summed E-state index contributed by atoms with van der Waals surface area (Å²) in [6.45, 7) is 6.81. The van der Waals surface area contributed by atoms with Gasteiger partial charge in [0.25, 0.3) is 0 Å². The zero-order valence-electron chi connectivity index (χ0n) is 10.2. The van der Waals surface area contributed by atoms with Crippen molar-refractivity contribution >= 4 is 41.9 Å². The van der Waals surface area contributed by atoms with Gasteiger partial charge in [-0.2, -0.15) is 0 Å². The van der Waals surface area contributed by atoms with Crippen molar-refractivity contribution < 1.29 is 0 Å². The van der Waals surface area contributed by atoms with Crippen LogP contribution in [0.2, 0.25) is 3.43 Å². The first-order valence-electron chi connectivity index (χ1n) is 5.40. The molecule has 2 aromatic rings. The number of nitrogens with two attached hydrogens (primary N) is 1. The van der Waals surface area contributed by atoms with Crippen molar-refractivity contribution in [3.8, 4) is 10.7 Å². The number of hydrogen-bond donors (Lipinski definition) is 1. The second-order valence-electron chi connectivity index (χ2n) is 4.88. The summed E-state index contributed by atoms with van der Waals surface area (Å²) in [6.07, 6.45) is 1.80. The fourth-order valence-electron chi connectivity index (χ4n) is 1.46. The molecule has 0 atom stereocenters. The average Bonchev–Trinajstić information content (AvgIpc) is 2.65. The zero-order valence-corrected chi connectivity index (χ0v) is 13.9. The maximum absolute atomic E-state index is 5.95. The molecule has 88 valence electrons. The molecule has 0 unspecified atom stereocenters. The van der Waals surface area contributed by atoms with Crippen molar-refractivity contribution in [2.75, 3.05) is 5.73 Å². The van der Waals surface area contributed by atoms with Crippen LogP contribution < -0.4 is 9.44 Å². The normalized spacial score (nSPS) is 11.7. The summed E-state index contributed by atoms with van der Waals surface area (Å²) >= 11 is 0.884. The SMILES string of the molecule is C[C](C)(C)[Sn][c]1cc(N)cc(-c2nccs2)n1. The number of pyridine rings is 1. The summed E-state index contributed by atoms with van der Waals surface area (Å²) in [5.74, 6) is 0. The summed E-state index contributed by atoms with van der Waals surface area (Å²) in [6, 6.07) is 3.93. The molecule has 3 nitrogen and oxygen atoms in total. The van der Waals surface area contributed by atoms with Gasteiger partial charge < -0.3 is 0 Å². The molecular formula is C12H15N3SSn. The van der Waals surface area contributed by atoms with E-state index >= 15 is 0 Å².